The van der Waals surface area contributed by atoms with Crippen molar-refractivity contribution in [2.24, 2.45) is 0 Å². The lowest BCUT2D eigenvalue weighted by Gasteiger charge is -2.46. The predicted octanol–water partition coefficient (Wildman–Crippen LogP) is 1.68. The van der Waals surface area contributed by atoms with Gasteiger partial charge in [0, 0.05) is 30.2 Å². The molecule has 1 fully saturated rings. The van der Waals surface area contributed by atoms with Gasteiger partial charge in [0.15, 0.2) is 0 Å². The van der Waals surface area contributed by atoms with E-state index in [9.17, 15) is 34.8 Å². The second-order valence-corrected chi connectivity index (χ2v) is 11.4. The molecule has 2 aromatic carbocycles. The zero-order valence-corrected chi connectivity index (χ0v) is 26.1. The highest BCUT2D eigenvalue weighted by atomic mass is 35.5. The number of carbonyl (C=O) groups excluding carboxylic acids is 2. The Morgan fingerprint density at radius 3 is 2.37 bits per heavy atom. The minimum absolute atomic E-state index is 0.0255. The Morgan fingerprint density at radius 1 is 1.04 bits per heavy atom. The van der Waals surface area contributed by atoms with E-state index in [-0.39, 0.29) is 25.2 Å². The second-order valence-electron chi connectivity index (χ2n) is 11.0. The van der Waals surface area contributed by atoms with Gasteiger partial charge in [0.05, 0.1) is 31.3 Å². The summed E-state index contributed by atoms with van der Waals surface area (Å²) < 4.78 is 16.8. The van der Waals surface area contributed by atoms with Crippen LogP contribution in [0.3, 0.4) is 0 Å². The Morgan fingerprint density at radius 2 is 1.72 bits per heavy atom. The molecule has 6 atom stereocenters. The van der Waals surface area contributed by atoms with Crippen molar-refractivity contribution >= 4 is 29.4 Å². The van der Waals surface area contributed by atoms with E-state index in [2.05, 4.69) is 16.6 Å². The van der Waals surface area contributed by atoms with Crippen LogP contribution >= 0.6 is 11.6 Å². The Labute approximate surface area is 273 Å². The second kappa shape index (κ2) is 18.6. The fraction of sp³-hybridized carbons (Fsp3) is 0.485. The highest BCUT2D eigenvalue weighted by Crippen LogP contribution is 2.34. The van der Waals surface area contributed by atoms with E-state index >= 15 is 0 Å². The largest absolute Gasteiger partial charge is 0.477 e. The lowest BCUT2D eigenvalue weighted by molar-refractivity contribution is -0.310. The fourth-order valence-corrected chi connectivity index (χ4v) is 5.10. The van der Waals surface area contributed by atoms with Gasteiger partial charge in [0.25, 0.3) is 11.7 Å². The first-order valence-electron chi connectivity index (χ1n) is 15.0. The maximum absolute atomic E-state index is 13.0. The number of unbranched alkanes of at least 4 members (excludes halogenated alkanes) is 3. The number of carboxylic acid groups (broad SMARTS) is 1. The molecular formula is C33H41ClN2O10. The summed E-state index contributed by atoms with van der Waals surface area (Å²) in [4.78, 5) is 38.0. The molecule has 6 N–H and O–H groups in total. The minimum Gasteiger partial charge on any atom is -0.477 e. The first kappa shape index (κ1) is 36.9. The first-order chi connectivity index (χ1) is 22.1. The van der Waals surface area contributed by atoms with Gasteiger partial charge in [-0.25, -0.2) is 4.79 Å². The van der Waals surface area contributed by atoms with E-state index in [4.69, 9.17) is 32.2 Å². The molecule has 3 rings (SSSR count). The Balaban J connectivity index is 1.70. The normalized spacial score (nSPS) is 22.3. The fourth-order valence-electron chi connectivity index (χ4n) is 4.98. The molecule has 2 aromatic rings. The molecule has 12 nitrogen and oxygen atoms in total. The zero-order valence-electron chi connectivity index (χ0n) is 25.3. The Hall–Kier alpha value is -3.54. The van der Waals surface area contributed by atoms with Crippen molar-refractivity contribution in [2.45, 2.75) is 74.8 Å². The van der Waals surface area contributed by atoms with Gasteiger partial charge in [-0.15, -0.1) is 6.42 Å². The summed E-state index contributed by atoms with van der Waals surface area (Å²) in [7, 11) is 0. The molecule has 0 radical (unpaired) electrons. The van der Waals surface area contributed by atoms with Gasteiger partial charge in [-0.05, 0) is 42.7 Å². The smallest absolute Gasteiger partial charge is 0.364 e. The van der Waals surface area contributed by atoms with Crippen molar-refractivity contribution in [3.05, 3.63) is 70.7 Å². The van der Waals surface area contributed by atoms with Gasteiger partial charge in [-0.1, -0.05) is 60.7 Å². The number of benzene rings is 2. The van der Waals surface area contributed by atoms with E-state index in [1.807, 2.05) is 0 Å². The third-order valence-corrected chi connectivity index (χ3v) is 7.71. The number of amides is 2. The van der Waals surface area contributed by atoms with Gasteiger partial charge in [-0.3, -0.25) is 9.59 Å². The van der Waals surface area contributed by atoms with Crippen LogP contribution in [0, 0.1) is 12.3 Å². The Bertz CT molecular complexity index is 1310. The number of aliphatic carboxylic acids is 1. The van der Waals surface area contributed by atoms with Gasteiger partial charge in [0.1, 0.15) is 18.8 Å². The van der Waals surface area contributed by atoms with Crippen LogP contribution in [-0.4, -0.2) is 101 Å². The molecular weight excluding hydrogens is 620 g/mol. The van der Waals surface area contributed by atoms with Crippen molar-refractivity contribution in [1.29, 1.82) is 0 Å². The summed E-state index contributed by atoms with van der Waals surface area (Å²) in [6.07, 6.45) is 0.494. The van der Waals surface area contributed by atoms with Crippen LogP contribution < -0.4 is 10.6 Å². The lowest BCUT2D eigenvalue weighted by Crippen LogP contribution is -2.68. The van der Waals surface area contributed by atoms with E-state index in [1.54, 1.807) is 42.5 Å². The summed E-state index contributed by atoms with van der Waals surface area (Å²) >= 11 is 5.88. The number of hydrogen-bond donors (Lipinski definition) is 6. The predicted molar refractivity (Wildman–Crippen MR) is 168 cm³/mol. The van der Waals surface area contributed by atoms with Gasteiger partial charge >= 0.3 is 5.97 Å². The number of halogens is 1. The summed E-state index contributed by atoms with van der Waals surface area (Å²) in [6.45, 7) is 0.249. The molecule has 0 bridgehead atoms. The van der Waals surface area contributed by atoms with Crippen LogP contribution in [0.1, 0.15) is 48.0 Å². The monoisotopic (exact) mass is 660 g/mol. The highest BCUT2D eigenvalue weighted by molar-refractivity contribution is 6.30. The summed E-state index contributed by atoms with van der Waals surface area (Å²) in [6, 6.07) is 13.3. The third-order valence-electron chi connectivity index (χ3n) is 7.45. The minimum atomic E-state index is -2.38. The first-order valence-corrected chi connectivity index (χ1v) is 15.4. The zero-order chi connectivity index (χ0) is 33.5. The highest BCUT2D eigenvalue weighted by Gasteiger charge is 2.55. The summed E-state index contributed by atoms with van der Waals surface area (Å²) in [5, 5.41) is 49.0. The van der Waals surface area contributed by atoms with Crippen LogP contribution in [0.15, 0.2) is 54.6 Å². The van der Waals surface area contributed by atoms with Crippen molar-refractivity contribution in [1.82, 2.24) is 10.6 Å². The number of aliphatic hydroxyl groups excluding tert-OH is 3. The van der Waals surface area contributed by atoms with E-state index < -0.39 is 67.0 Å². The molecule has 0 spiro atoms. The van der Waals surface area contributed by atoms with E-state index in [0.29, 0.717) is 30.0 Å². The third kappa shape index (κ3) is 11.1. The van der Waals surface area contributed by atoms with Crippen molar-refractivity contribution < 1.29 is 49.0 Å². The van der Waals surface area contributed by atoms with Crippen LogP contribution in [0.25, 0.3) is 0 Å². The average Bonchev–Trinajstić information content (AvgIpc) is 3.04. The molecule has 46 heavy (non-hydrogen) atoms. The Kier molecular flexibility index (Phi) is 14.9. The molecule has 0 aromatic heterocycles. The number of nitrogens with one attached hydrogen (secondary N) is 2. The van der Waals surface area contributed by atoms with E-state index in [0.717, 1.165) is 12.8 Å². The average molecular weight is 661 g/mol. The van der Waals surface area contributed by atoms with Crippen LogP contribution in [-0.2, 0) is 30.2 Å². The van der Waals surface area contributed by atoms with Crippen LogP contribution in [0.5, 0.6) is 0 Å². The molecule has 0 unspecified atom stereocenters. The quantitative estimate of drug-likeness (QED) is 0.102. The molecule has 1 aliphatic heterocycles. The maximum atomic E-state index is 13.0. The summed E-state index contributed by atoms with van der Waals surface area (Å²) in [5.74, 6) is -2.63. The molecule has 250 valence electrons. The van der Waals surface area contributed by atoms with Crippen LogP contribution in [0.2, 0.25) is 5.02 Å². The van der Waals surface area contributed by atoms with Gasteiger partial charge in [0.2, 0.25) is 5.91 Å². The van der Waals surface area contributed by atoms with Crippen LogP contribution in [0.4, 0.5) is 0 Å². The van der Waals surface area contributed by atoms with E-state index in [1.165, 1.54) is 12.1 Å². The van der Waals surface area contributed by atoms with Gasteiger partial charge in [-0.2, -0.15) is 0 Å². The number of terminal acetylenes is 1. The summed E-state index contributed by atoms with van der Waals surface area (Å²) in [5.41, 5.74) is 0.911. The van der Waals surface area contributed by atoms with Gasteiger partial charge < -0.3 is 45.3 Å². The topological polar surface area (TPSA) is 184 Å². The molecule has 13 heteroatoms. The number of ether oxygens (including phenoxy) is 3. The maximum Gasteiger partial charge on any atom is 0.364 e. The van der Waals surface area contributed by atoms with Crippen molar-refractivity contribution in [3.63, 3.8) is 0 Å². The molecule has 1 heterocycles. The molecule has 1 aliphatic rings. The number of aliphatic hydroxyl groups is 3. The molecule has 2 amide bonds. The number of carbonyl (C=O) groups is 3. The number of carboxylic acids is 1. The molecule has 0 saturated carbocycles. The standard InChI is InChI=1S/C33H41ClN2O10/c1-2-16-44-17-8-3-4-9-18-45-33(32(42)43)20-25(37)28(36-31(41)23-10-6-5-7-11-23)30(46-33)29(40)26(38)21-35-27(39)19-22-12-14-24(34)15-13-22/h1,5-7,10-15,25-26,28-30,37-38,40H,3-4,8-9,16-21H2,(H,35,39)(H,36,41)(H,42,43)/t25-,26+,28+,29+,30+,33+/m0/s1. The van der Waals surface area contributed by atoms with Crippen molar-refractivity contribution in [3.8, 4) is 12.3 Å². The molecule has 1 saturated heterocycles. The number of hydrogen-bond acceptors (Lipinski definition) is 9. The SMILES string of the molecule is C#CCOCCCCCCO[C@]1(C(=O)O)C[C@H](O)[C@@H](NC(=O)c2ccccc2)[C@H]([C@H](O)[C@H](O)CNC(=O)Cc2ccc(Cl)cc2)O1. The molecule has 0 aliphatic carbocycles. The van der Waals surface area contributed by atoms with Crippen molar-refractivity contribution in [2.75, 3.05) is 26.4 Å². The lowest BCUT2D eigenvalue weighted by atomic mass is 9.88. The number of rotatable bonds is 18.